The van der Waals surface area contributed by atoms with E-state index < -0.39 is 8.32 Å². The van der Waals surface area contributed by atoms with Crippen LogP contribution in [-0.2, 0) is 9.16 Å². The highest BCUT2D eigenvalue weighted by Crippen LogP contribution is 2.39. The van der Waals surface area contributed by atoms with Gasteiger partial charge in [0, 0.05) is 0 Å². The van der Waals surface area contributed by atoms with Gasteiger partial charge in [-0.3, -0.25) is 0 Å². The maximum Gasteiger partial charge on any atom is 0.192 e. The molecule has 1 saturated heterocycles. The molecular formula is C25H50O2Si. The molecule has 0 bridgehead atoms. The van der Waals surface area contributed by atoms with Gasteiger partial charge in [-0.25, -0.2) is 0 Å². The molecule has 0 amide bonds. The molecule has 0 saturated carbocycles. The largest absolute Gasteiger partial charge is 0.411 e. The second-order valence-electron chi connectivity index (χ2n) is 10.4. The topological polar surface area (TPSA) is 18.5 Å². The Morgan fingerprint density at radius 3 is 1.96 bits per heavy atom. The summed E-state index contributed by atoms with van der Waals surface area (Å²) in [5.74, 6) is 0. The van der Waals surface area contributed by atoms with E-state index in [-0.39, 0.29) is 23.4 Å². The Labute approximate surface area is 178 Å². The van der Waals surface area contributed by atoms with Crippen molar-refractivity contribution in [2.24, 2.45) is 0 Å². The molecule has 0 spiro atoms. The van der Waals surface area contributed by atoms with Crippen molar-refractivity contribution in [3.05, 3.63) is 12.7 Å². The molecule has 28 heavy (non-hydrogen) atoms. The molecule has 3 heteroatoms. The first-order valence-electron chi connectivity index (χ1n) is 12.2. The summed E-state index contributed by atoms with van der Waals surface area (Å²) in [4.78, 5) is 0. The summed E-state index contributed by atoms with van der Waals surface area (Å²) < 4.78 is 13.1. The molecule has 1 aliphatic rings. The standard InChI is InChI=1S/C25H50O2Si/c1-8-10-11-12-13-14-15-16-17-18-19-23-24(21-20-22(9-2)26-23)27-28(6,7)25(3,4)5/h9,22-24H,2,8,10-21H2,1,3-7H3/t22-,23+,24+/m0/s1. The average molecular weight is 411 g/mol. The second-order valence-corrected chi connectivity index (χ2v) is 15.2. The minimum Gasteiger partial charge on any atom is -0.411 e. The van der Waals surface area contributed by atoms with Crippen LogP contribution in [0.3, 0.4) is 0 Å². The first-order valence-corrected chi connectivity index (χ1v) is 15.1. The molecule has 0 aromatic rings. The van der Waals surface area contributed by atoms with E-state index in [0.29, 0.717) is 0 Å². The Kier molecular flexibility index (Phi) is 12.2. The molecule has 0 unspecified atom stereocenters. The molecule has 0 aliphatic carbocycles. The zero-order valence-corrected chi connectivity index (χ0v) is 21.0. The summed E-state index contributed by atoms with van der Waals surface area (Å²) in [5.41, 5.74) is 0. The van der Waals surface area contributed by atoms with E-state index in [1.54, 1.807) is 0 Å². The fourth-order valence-electron chi connectivity index (χ4n) is 3.84. The highest BCUT2D eigenvalue weighted by atomic mass is 28.4. The Balaban J connectivity index is 2.34. The molecule has 166 valence electrons. The van der Waals surface area contributed by atoms with Gasteiger partial charge in [-0.1, -0.05) is 98.0 Å². The van der Waals surface area contributed by atoms with Crippen LogP contribution in [0.25, 0.3) is 0 Å². The molecule has 2 nitrogen and oxygen atoms in total. The number of hydrogen-bond acceptors (Lipinski definition) is 2. The van der Waals surface area contributed by atoms with Crippen LogP contribution in [-0.4, -0.2) is 26.6 Å². The van der Waals surface area contributed by atoms with Gasteiger partial charge >= 0.3 is 0 Å². The Hall–Kier alpha value is -0.123. The van der Waals surface area contributed by atoms with Crippen LogP contribution < -0.4 is 0 Å². The quantitative estimate of drug-likeness (QED) is 0.162. The molecule has 1 fully saturated rings. The van der Waals surface area contributed by atoms with Gasteiger partial charge in [-0.15, -0.1) is 6.58 Å². The van der Waals surface area contributed by atoms with Crippen molar-refractivity contribution in [3.8, 4) is 0 Å². The van der Waals surface area contributed by atoms with Crippen LogP contribution in [0.4, 0.5) is 0 Å². The Morgan fingerprint density at radius 1 is 0.929 bits per heavy atom. The first kappa shape index (κ1) is 25.9. The van der Waals surface area contributed by atoms with Gasteiger partial charge in [0.05, 0.1) is 18.3 Å². The third-order valence-corrected chi connectivity index (χ3v) is 11.4. The Morgan fingerprint density at radius 2 is 1.46 bits per heavy atom. The number of unbranched alkanes of at least 4 members (excludes halogenated alkanes) is 9. The van der Waals surface area contributed by atoms with Gasteiger partial charge in [0.2, 0.25) is 0 Å². The molecule has 0 N–H and O–H groups in total. The Bertz CT molecular complexity index is 413. The molecule has 1 rings (SSSR count). The minimum absolute atomic E-state index is 0.215. The number of rotatable bonds is 14. The van der Waals surface area contributed by atoms with E-state index in [1.807, 2.05) is 6.08 Å². The van der Waals surface area contributed by atoms with Gasteiger partial charge in [0.25, 0.3) is 0 Å². The van der Waals surface area contributed by atoms with Crippen LogP contribution >= 0.6 is 0 Å². The number of ether oxygens (including phenoxy) is 1. The fraction of sp³-hybridized carbons (Fsp3) is 0.920. The van der Waals surface area contributed by atoms with Crippen molar-refractivity contribution in [2.75, 3.05) is 0 Å². The average Bonchev–Trinajstić information content (AvgIpc) is 2.63. The summed E-state index contributed by atoms with van der Waals surface area (Å²) in [5, 5.41) is 0.254. The highest BCUT2D eigenvalue weighted by Gasteiger charge is 2.42. The zero-order valence-electron chi connectivity index (χ0n) is 20.0. The lowest BCUT2D eigenvalue weighted by molar-refractivity contribution is -0.0986. The van der Waals surface area contributed by atoms with Crippen molar-refractivity contribution in [1.29, 1.82) is 0 Å². The van der Waals surface area contributed by atoms with Crippen LogP contribution in [0.15, 0.2) is 12.7 Å². The van der Waals surface area contributed by atoms with Gasteiger partial charge < -0.3 is 9.16 Å². The maximum atomic E-state index is 6.77. The van der Waals surface area contributed by atoms with Gasteiger partial charge in [0.15, 0.2) is 8.32 Å². The third-order valence-electron chi connectivity index (χ3n) is 6.86. The van der Waals surface area contributed by atoms with E-state index in [2.05, 4.69) is 47.4 Å². The minimum atomic E-state index is -1.75. The van der Waals surface area contributed by atoms with Crippen LogP contribution in [0.5, 0.6) is 0 Å². The van der Waals surface area contributed by atoms with Gasteiger partial charge in [-0.05, 0) is 37.4 Å². The molecule has 0 aromatic heterocycles. The molecule has 0 aromatic carbocycles. The first-order chi connectivity index (χ1) is 13.2. The number of hydrogen-bond donors (Lipinski definition) is 0. The van der Waals surface area contributed by atoms with Crippen LogP contribution in [0.1, 0.15) is 111 Å². The lowest BCUT2D eigenvalue weighted by atomic mass is 9.96. The molecule has 1 aliphatic heterocycles. The van der Waals surface area contributed by atoms with Crippen LogP contribution in [0, 0.1) is 0 Å². The predicted octanol–water partition coefficient (Wildman–Crippen LogP) is 8.42. The van der Waals surface area contributed by atoms with Crippen molar-refractivity contribution in [3.63, 3.8) is 0 Å². The van der Waals surface area contributed by atoms with E-state index in [0.717, 1.165) is 19.3 Å². The van der Waals surface area contributed by atoms with E-state index >= 15 is 0 Å². The summed E-state index contributed by atoms with van der Waals surface area (Å²) in [6, 6.07) is 0. The smallest absolute Gasteiger partial charge is 0.192 e. The van der Waals surface area contributed by atoms with E-state index in [4.69, 9.17) is 9.16 Å². The van der Waals surface area contributed by atoms with Gasteiger partial charge in [0.1, 0.15) is 0 Å². The maximum absolute atomic E-state index is 6.77. The van der Waals surface area contributed by atoms with Crippen molar-refractivity contribution >= 4 is 8.32 Å². The third kappa shape index (κ3) is 9.58. The normalized spacial score (nSPS) is 23.7. The van der Waals surface area contributed by atoms with Crippen molar-refractivity contribution in [2.45, 2.75) is 148 Å². The van der Waals surface area contributed by atoms with E-state index in [1.165, 1.54) is 64.2 Å². The molecular weight excluding hydrogens is 360 g/mol. The summed E-state index contributed by atoms with van der Waals surface area (Å²) in [7, 11) is -1.75. The summed E-state index contributed by atoms with van der Waals surface area (Å²) in [6.07, 6.45) is 19.8. The van der Waals surface area contributed by atoms with Crippen molar-refractivity contribution < 1.29 is 9.16 Å². The lowest BCUT2D eigenvalue weighted by Gasteiger charge is -2.44. The SMILES string of the molecule is C=C[C@H]1CC[C@@H](O[Si](C)(C)C(C)(C)C)[C@@H](CCCCCCCCCCCC)O1. The van der Waals surface area contributed by atoms with Crippen LogP contribution in [0.2, 0.25) is 18.1 Å². The lowest BCUT2D eigenvalue weighted by Crippen LogP contribution is -2.50. The van der Waals surface area contributed by atoms with E-state index in [9.17, 15) is 0 Å². The summed E-state index contributed by atoms with van der Waals surface area (Å²) >= 11 is 0. The second kappa shape index (κ2) is 13.2. The fourth-order valence-corrected chi connectivity index (χ4v) is 5.22. The molecule has 0 radical (unpaired) electrons. The highest BCUT2D eigenvalue weighted by molar-refractivity contribution is 6.74. The molecule has 3 atom stereocenters. The molecule has 1 heterocycles. The monoisotopic (exact) mass is 410 g/mol. The van der Waals surface area contributed by atoms with Crippen molar-refractivity contribution in [1.82, 2.24) is 0 Å². The predicted molar refractivity (Wildman–Crippen MR) is 127 cm³/mol. The zero-order chi connectivity index (χ0) is 21.0. The summed E-state index contributed by atoms with van der Waals surface area (Å²) in [6.45, 7) is 18.0. The van der Waals surface area contributed by atoms with Gasteiger partial charge in [-0.2, -0.15) is 0 Å².